The Kier molecular flexibility index (Phi) is 9.73. The first-order chi connectivity index (χ1) is 18.4. The summed E-state index contributed by atoms with van der Waals surface area (Å²) in [5, 5.41) is 18.8. The Bertz CT molecular complexity index is 1320. The molecule has 2 aromatic heterocycles. The van der Waals surface area contributed by atoms with Gasteiger partial charge in [0.05, 0.1) is 22.7 Å². The van der Waals surface area contributed by atoms with Crippen molar-refractivity contribution in [3.05, 3.63) is 54.6 Å². The first kappa shape index (κ1) is 28.0. The van der Waals surface area contributed by atoms with Crippen LogP contribution in [0.2, 0.25) is 18.1 Å². The number of anilines is 1. The van der Waals surface area contributed by atoms with Gasteiger partial charge in [0.15, 0.2) is 8.32 Å². The number of aromatic nitrogens is 1. The lowest BCUT2D eigenvalue weighted by Crippen LogP contribution is -2.37. The number of benzene rings is 2. The Morgan fingerprint density at radius 2 is 1.42 bits per heavy atom. The van der Waals surface area contributed by atoms with Gasteiger partial charge in [0.1, 0.15) is 22.2 Å². The van der Waals surface area contributed by atoms with Crippen LogP contribution < -0.4 is 9.64 Å². The quantitative estimate of drug-likeness (QED) is 0.0916. The van der Waals surface area contributed by atoms with E-state index in [2.05, 4.69) is 46.2 Å². The van der Waals surface area contributed by atoms with E-state index < -0.39 is 8.32 Å². The Morgan fingerprint density at radius 1 is 0.789 bits per heavy atom. The topological polar surface area (TPSA) is 84.0 Å². The first-order valence-electron chi connectivity index (χ1n) is 12.8. The Labute approximate surface area is 233 Å². The molecule has 2 heterocycles. The van der Waals surface area contributed by atoms with Crippen LogP contribution in [0.1, 0.15) is 20.8 Å². The zero-order chi connectivity index (χ0) is 27.0. The molecule has 0 unspecified atom stereocenters. The summed E-state index contributed by atoms with van der Waals surface area (Å²) < 4.78 is 13.1. The molecule has 0 aliphatic heterocycles. The van der Waals surface area contributed by atoms with Crippen molar-refractivity contribution in [3.63, 3.8) is 0 Å². The highest BCUT2D eigenvalue weighted by molar-refractivity contribution is 7.30. The van der Waals surface area contributed by atoms with Crippen molar-refractivity contribution >= 4 is 67.7 Å². The molecule has 4 rings (SSSR count). The van der Waals surface area contributed by atoms with Gasteiger partial charge < -0.3 is 14.1 Å². The molecule has 0 fully saturated rings. The monoisotopic (exact) mass is 566 g/mol. The molecule has 8 nitrogen and oxygen atoms in total. The van der Waals surface area contributed by atoms with Crippen molar-refractivity contribution in [1.29, 1.82) is 0 Å². The van der Waals surface area contributed by atoms with Gasteiger partial charge in [-0.15, -0.1) is 20.5 Å². The molecule has 0 atom stereocenters. The third-order valence-corrected chi connectivity index (χ3v) is 13.1. The molecule has 4 aromatic rings. The van der Waals surface area contributed by atoms with E-state index in [1.807, 2.05) is 73.6 Å². The molecular weight excluding hydrogens is 533 g/mol. The summed E-state index contributed by atoms with van der Waals surface area (Å²) in [6.07, 6.45) is 0. The van der Waals surface area contributed by atoms with Gasteiger partial charge in [-0.2, -0.15) is 0 Å². The van der Waals surface area contributed by atoms with Crippen molar-refractivity contribution < 1.29 is 9.16 Å². The average Bonchev–Trinajstić information content (AvgIpc) is 3.51. The van der Waals surface area contributed by atoms with Crippen LogP contribution in [0.15, 0.2) is 75.1 Å². The van der Waals surface area contributed by atoms with Crippen LogP contribution in [0.4, 0.5) is 27.2 Å². The van der Waals surface area contributed by atoms with Crippen molar-refractivity contribution in [1.82, 2.24) is 4.98 Å². The summed E-state index contributed by atoms with van der Waals surface area (Å²) in [6.45, 7) is 7.90. The van der Waals surface area contributed by atoms with Crippen molar-refractivity contribution in [3.8, 4) is 5.75 Å². The minimum absolute atomic E-state index is 0.554. The van der Waals surface area contributed by atoms with Gasteiger partial charge in [-0.1, -0.05) is 43.4 Å². The number of rotatable bonds is 13. The predicted molar refractivity (Wildman–Crippen MR) is 162 cm³/mol. The SMILES string of the molecule is CC[Si](CC)(CC)OCCOc1ccc(N=Nc2cc3sc(N=Nc4ccc(N(C)C)cc4)nc3s2)cc1. The molecule has 11 heteroatoms. The standard InChI is InChI=1S/C27H34N6O2S2Si/c1-6-38(7-2,8-3)35-18-17-34-23-15-11-21(12-16-23)29-31-25-19-24-26(37-25)28-27(36-24)32-30-20-9-13-22(14-10-20)33(4)5/h9-16,19H,6-8,17-18H2,1-5H3. The van der Waals surface area contributed by atoms with E-state index in [0.29, 0.717) is 18.3 Å². The van der Waals surface area contributed by atoms with Gasteiger partial charge in [-0.25, -0.2) is 4.98 Å². The molecule has 0 saturated heterocycles. The summed E-state index contributed by atoms with van der Waals surface area (Å²) in [5.41, 5.74) is 2.68. The normalized spacial score (nSPS) is 12.2. The minimum Gasteiger partial charge on any atom is -0.491 e. The number of ether oxygens (including phenoxy) is 1. The molecule has 200 valence electrons. The minimum atomic E-state index is -1.56. The van der Waals surface area contributed by atoms with Gasteiger partial charge in [0.25, 0.3) is 0 Å². The number of thiazole rings is 1. The van der Waals surface area contributed by atoms with E-state index >= 15 is 0 Å². The largest absolute Gasteiger partial charge is 0.491 e. The van der Waals surface area contributed by atoms with Crippen molar-refractivity contribution in [2.24, 2.45) is 20.5 Å². The number of nitrogens with zero attached hydrogens (tertiary/aromatic N) is 6. The Balaban J connectivity index is 1.29. The second kappa shape index (κ2) is 13.2. The van der Waals surface area contributed by atoms with Crippen molar-refractivity contribution in [2.45, 2.75) is 38.9 Å². The first-order valence-corrected chi connectivity index (χ1v) is 17.0. The molecule has 0 aliphatic rings. The molecule has 0 spiro atoms. The fourth-order valence-electron chi connectivity index (χ4n) is 3.91. The zero-order valence-corrected chi connectivity index (χ0v) is 25.2. The van der Waals surface area contributed by atoms with Gasteiger partial charge in [-0.05, 0) is 72.7 Å². The molecule has 0 amide bonds. The highest BCUT2D eigenvalue weighted by atomic mass is 32.1. The summed E-state index contributed by atoms with van der Waals surface area (Å²) in [4.78, 5) is 7.50. The molecule has 0 saturated carbocycles. The van der Waals surface area contributed by atoms with Crippen LogP contribution in [-0.2, 0) is 4.43 Å². The third-order valence-electron chi connectivity index (χ3n) is 6.48. The molecule has 0 radical (unpaired) electrons. The number of fused-ring (bicyclic) bond motifs is 1. The van der Waals surface area contributed by atoms with Crippen LogP contribution >= 0.6 is 22.7 Å². The lowest BCUT2D eigenvalue weighted by atomic mass is 10.3. The Morgan fingerprint density at radius 3 is 2.03 bits per heavy atom. The van der Waals surface area contributed by atoms with E-state index in [1.165, 1.54) is 22.7 Å². The van der Waals surface area contributed by atoms with Gasteiger partial charge >= 0.3 is 0 Å². The van der Waals surface area contributed by atoms with E-state index in [9.17, 15) is 0 Å². The van der Waals surface area contributed by atoms with E-state index in [-0.39, 0.29) is 0 Å². The maximum absolute atomic E-state index is 6.25. The number of azo groups is 2. The van der Waals surface area contributed by atoms with Crippen LogP contribution in [0, 0.1) is 0 Å². The molecule has 2 aromatic carbocycles. The second-order valence-electron chi connectivity index (χ2n) is 9.00. The number of hydrogen-bond donors (Lipinski definition) is 0. The maximum Gasteiger partial charge on any atom is 0.231 e. The van der Waals surface area contributed by atoms with Crippen LogP contribution in [0.3, 0.4) is 0 Å². The van der Waals surface area contributed by atoms with Crippen LogP contribution in [0.5, 0.6) is 5.75 Å². The van der Waals surface area contributed by atoms with Gasteiger partial charge in [-0.3, -0.25) is 0 Å². The molecule has 0 N–H and O–H groups in total. The third kappa shape index (κ3) is 7.31. The summed E-state index contributed by atoms with van der Waals surface area (Å²) in [5.74, 6) is 0.806. The Hall–Kier alpha value is -2.99. The lowest BCUT2D eigenvalue weighted by molar-refractivity contribution is 0.207. The molecule has 0 bridgehead atoms. The highest BCUT2D eigenvalue weighted by Gasteiger charge is 2.28. The zero-order valence-electron chi connectivity index (χ0n) is 22.5. The van der Waals surface area contributed by atoms with Gasteiger partial charge in [0.2, 0.25) is 5.13 Å². The fraction of sp³-hybridized carbons (Fsp3) is 0.370. The molecule has 0 aliphatic carbocycles. The van der Waals surface area contributed by atoms with E-state index in [0.717, 1.165) is 55.5 Å². The smallest absolute Gasteiger partial charge is 0.231 e. The molecular formula is C27H34N6O2S2Si. The van der Waals surface area contributed by atoms with Crippen LogP contribution in [0.25, 0.3) is 9.53 Å². The highest BCUT2D eigenvalue weighted by Crippen LogP contribution is 2.39. The van der Waals surface area contributed by atoms with E-state index in [4.69, 9.17) is 9.16 Å². The van der Waals surface area contributed by atoms with E-state index in [1.54, 1.807) is 0 Å². The number of thiophene rings is 1. The summed E-state index contributed by atoms with van der Waals surface area (Å²) in [6, 6.07) is 21.0. The fourth-order valence-corrected chi connectivity index (χ4v) is 8.39. The average molecular weight is 567 g/mol. The maximum atomic E-state index is 6.25. The number of hydrogen-bond acceptors (Lipinski definition) is 10. The molecule has 38 heavy (non-hydrogen) atoms. The van der Waals surface area contributed by atoms with Gasteiger partial charge in [0, 0.05) is 19.8 Å². The summed E-state index contributed by atoms with van der Waals surface area (Å²) in [7, 11) is 2.45. The lowest BCUT2D eigenvalue weighted by Gasteiger charge is -2.27. The summed E-state index contributed by atoms with van der Waals surface area (Å²) >= 11 is 2.97. The predicted octanol–water partition coefficient (Wildman–Crippen LogP) is 9.66. The van der Waals surface area contributed by atoms with Crippen LogP contribution in [-0.4, -0.2) is 40.6 Å². The van der Waals surface area contributed by atoms with Crippen molar-refractivity contribution in [2.75, 3.05) is 32.2 Å². The second-order valence-corrected chi connectivity index (χ2v) is 15.8.